The number of nitrogens with zero attached hydrogens (tertiary/aromatic N) is 3. The highest BCUT2D eigenvalue weighted by Crippen LogP contribution is 2.38. The van der Waals surface area contributed by atoms with E-state index in [1.165, 1.54) is 18.2 Å². The molecule has 11 heteroatoms. The number of nitrogens with two attached hydrogens (primary N) is 1. The Labute approximate surface area is 221 Å². The summed E-state index contributed by atoms with van der Waals surface area (Å²) in [7, 11) is -2.08. The molecule has 3 atom stereocenters. The lowest BCUT2D eigenvalue weighted by molar-refractivity contribution is -0.139. The van der Waals surface area contributed by atoms with Gasteiger partial charge in [-0.2, -0.15) is 18.4 Å². The molecule has 0 spiro atoms. The maximum atomic E-state index is 13.7. The number of nitrogens with one attached hydrogen (secondary N) is 1. The van der Waals surface area contributed by atoms with Crippen LogP contribution in [0.5, 0.6) is 0 Å². The molecule has 4 rings (SSSR count). The lowest BCUT2D eigenvalue weighted by Crippen LogP contribution is -2.49. The van der Waals surface area contributed by atoms with Gasteiger partial charge in [0, 0.05) is 12.2 Å². The van der Waals surface area contributed by atoms with E-state index in [0.717, 1.165) is 11.6 Å². The number of carbonyl (C=O) groups is 1. The average molecular weight is 544 g/mol. The van der Waals surface area contributed by atoms with Crippen LogP contribution >= 0.6 is 0 Å². The van der Waals surface area contributed by atoms with E-state index in [0.29, 0.717) is 30.1 Å². The topological polar surface area (TPSA) is 112 Å². The van der Waals surface area contributed by atoms with Gasteiger partial charge in [-0.15, -0.1) is 0 Å². The number of halogens is 3. The zero-order chi connectivity index (χ0) is 27.7. The Morgan fingerprint density at radius 1 is 1.26 bits per heavy atom. The van der Waals surface area contributed by atoms with Crippen molar-refractivity contribution in [2.24, 2.45) is 10.7 Å². The number of amidine groups is 1. The van der Waals surface area contributed by atoms with Gasteiger partial charge in [-0.3, -0.25) is 9.00 Å². The fraction of sp³-hybridized carbons (Fsp3) is 0.370. The van der Waals surface area contributed by atoms with Crippen molar-refractivity contribution >= 4 is 28.2 Å². The Balaban J connectivity index is 1.74. The molecule has 1 heterocycles. The summed E-state index contributed by atoms with van der Waals surface area (Å²) in [6.07, 6.45) is -2.06. The van der Waals surface area contributed by atoms with Crippen molar-refractivity contribution < 1.29 is 22.2 Å². The monoisotopic (exact) mass is 543 g/mol. The van der Waals surface area contributed by atoms with Crippen molar-refractivity contribution in [2.45, 2.75) is 61.0 Å². The molecule has 7 nitrogen and oxygen atoms in total. The van der Waals surface area contributed by atoms with E-state index in [2.05, 4.69) is 11.4 Å². The normalized spacial score (nSPS) is 22.1. The van der Waals surface area contributed by atoms with Gasteiger partial charge in [-0.05, 0) is 69.0 Å². The lowest BCUT2D eigenvalue weighted by Gasteiger charge is -2.27. The summed E-state index contributed by atoms with van der Waals surface area (Å²) in [5.41, 5.74) is 6.02. The number of likely N-dealkylation sites (tertiary alicyclic amines) is 1. The summed E-state index contributed by atoms with van der Waals surface area (Å²) >= 11 is 0. The number of aliphatic imine (C=N–C) groups is 1. The summed E-state index contributed by atoms with van der Waals surface area (Å²) in [6.45, 7) is 3.56. The molecule has 0 bridgehead atoms. The first kappa shape index (κ1) is 27.4. The third-order valence-electron chi connectivity index (χ3n) is 6.50. The maximum Gasteiger partial charge on any atom is 0.417 e. The van der Waals surface area contributed by atoms with Gasteiger partial charge in [0.2, 0.25) is 5.91 Å². The molecule has 200 valence electrons. The Hall–Kier alpha value is -3.65. The highest BCUT2D eigenvalue weighted by Gasteiger charge is 2.49. The summed E-state index contributed by atoms with van der Waals surface area (Å²) < 4.78 is 54.6. The van der Waals surface area contributed by atoms with Crippen LogP contribution in [-0.2, 0) is 21.8 Å². The highest BCUT2D eigenvalue weighted by atomic mass is 32.2. The van der Waals surface area contributed by atoms with Gasteiger partial charge < -0.3 is 16.0 Å². The quantitative estimate of drug-likeness (QED) is 0.416. The molecule has 2 aliphatic rings. The molecule has 3 unspecified atom stereocenters. The lowest BCUT2D eigenvalue weighted by atomic mass is 10.1. The number of allylic oxidation sites excluding steroid dienone is 1. The molecule has 3 N–H and O–H groups in total. The van der Waals surface area contributed by atoms with E-state index < -0.39 is 45.3 Å². The number of aryl methyl sites for hydroxylation is 1. The van der Waals surface area contributed by atoms with Crippen molar-refractivity contribution in [3.63, 3.8) is 0 Å². The van der Waals surface area contributed by atoms with Gasteiger partial charge >= 0.3 is 6.18 Å². The van der Waals surface area contributed by atoms with E-state index in [1.54, 1.807) is 24.0 Å². The van der Waals surface area contributed by atoms with Crippen LogP contribution in [-0.4, -0.2) is 44.2 Å². The van der Waals surface area contributed by atoms with Crippen molar-refractivity contribution in [3.8, 4) is 6.07 Å². The standard InChI is InChI=1S/C27H28F3N5O2S/c1-17-6-5-7-19(12-17)33-24(13-18(2)32)35-15-20(14-22(35)25(36)34-26(16-31)10-11-26)38(37)23-9-4-3-8-21(23)27(28,29)30/h3-9,12-13,20,22H,10-11,14-15,32H2,1-2H3,(H,34,36). The Kier molecular flexibility index (Phi) is 7.65. The summed E-state index contributed by atoms with van der Waals surface area (Å²) in [4.78, 5) is 19.4. The van der Waals surface area contributed by atoms with Crippen LogP contribution in [0.25, 0.3) is 0 Å². The van der Waals surface area contributed by atoms with Gasteiger partial charge in [0.25, 0.3) is 0 Å². The average Bonchev–Trinajstić information content (AvgIpc) is 3.48. The molecule has 0 radical (unpaired) electrons. The highest BCUT2D eigenvalue weighted by molar-refractivity contribution is 7.85. The Morgan fingerprint density at radius 3 is 2.58 bits per heavy atom. The third kappa shape index (κ3) is 6.07. The molecule has 1 aliphatic carbocycles. The van der Waals surface area contributed by atoms with Crippen molar-refractivity contribution in [2.75, 3.05) is 6.54 Å². The number of carbonyl (C=O) groups excluding carboxylic acids is 1. The van der Waals surface area contributed by atoms with Crippen LogP contribution in [0.4, 0.5) is 18.9 Å². The van der Waals surface area contributed by atoms with Crippen LogP contribution in [0.2, 0.25) is 0 Å². The molecule has 0 aromatic heterocycles. The fourth-order valence-corrected chi connectivity index (χ4v) is 6.06. The Bertz CT molecular complexity index is 1360. The number of alkyl halides is 3. The predicted octanol–water partition coefficient (Wildman–Crippen LogP) is 4.33. The molecule has 38 heavy (non-hydrogen) atoms. The first-order valence-corrected chi connectivity index (χ1v) is 13.3. The SMILES string of the molecule is CC(N)=CC(=Nc1cccc(C)c1)N1CC(S(=O)c2ccccc2C(F)(F)F)CC1C(=O)NC1(C#N)CC1. The number of nitriles is 1. The third-order valence-corrected chi connectivity index (χ3v) is 8.24. The number of rotatable bonds is 6. The molecule has 1 saturated heterocycles. The second-order valence-corrected chi connectivity index (χ2v) is 11.4. The van der Waals surface area contributed by atoms with Crippen LogP contribution in [0, 0.1) is 18.3 Å². The molecular formula is C27H28F3N5O2S. The minimum absolute atomic E-state index is 0.00483. The van der Waals surface area contributed by atoms with Gasteiger partial charge in [0.15, 0.2) is 0 Å². The van der Waals surface area contributed by atoms with Gasteiger partial charge in [0.1, 0.15) is 17.4 Å². The first-order chi connectivity index (χ1) is 17.9. The van der Waals surface area contributed by atoms with Crippen molar-refractivity contribution in [3.05, 3.63) is 71.4 Å². The van der Waals surface area contributed by atoms with Gasteiger partial charge in [-0.25, -0.2) is 4.99 Å². The van der Waals surface area contributed by atoms with E-state index in [4.69, 9.17) is 10.7 Å². The molecule has 1 aliphatic heterocycles. The van der Waals surface area contributed by atoms with Crippen molar-refractivity contribution in [1.82, 2.24) is 10.2 Å². The molecule has 2 aromatic rings. The first-order valence-electron chi connectivity index (χ1n) is 12.1. The van der Waals surface area contributed by atoms with Gasteiger partial charge in [0.05, 0.1) is 38.3 Å². The number of amides is 1. The maximum absolute atomic E-state index is 13.7. The number of hydrogen-bond donors (Lipinski definition) is 2. The van der Waals surface area contributed by atoms with Crippen LogP contribution < -0.4 is 11.1 Å². The summed E-state index contributed by atoms with van der Waals surface area (Å²) in [6, 6.07) is 13.3. The fourth-order valence-electron chi connectivity index (χ4n) is 4.43. The second-order valence-electron chi connectivity index (χ2n) is 9.70. The molecule has 2 aromatic carbocycles. The second kappa shape index (κ2) is 10.6. The minimum Gasteiger partial charge on any atom is -0.402 e. The molecule has 2 fully saturated rings. The van der Waals surface area contributed by atoms with Crippen LogP contribution in [0.15, 0.2) is 70.2 Å². The Morgan fingerprint density at radius 2 is 1.97 bits per heavy atom. The summed E-state index contributed by atoms with van der Waals surface area (Å²) in [5.74, 6) is -0.145. The molecule has 1 amide bonds. The minimum atomic E-state index is -4.68. The molecule has 1 saturated carbocycles. The van der Waals surface area contributed by atoms with E-state index in [9.17, 15) is 27.4 Å². The van der Waals surface area contributed by atoms with E-state index in [-0.39, 0.29) is 17.9 Å². The predicted molar refractivity (Wildman–Crippen MR) is 139 cm³/mol. The summed E-state index contributed by atoms with van der Waals surface area (Å²) in [5, 5.41) is 11.4. The largest absolute Gasteiger partial charge is 0.417 e. The smallest absolute Gasteiger partial charge is 0.402 e. The van der Waals surface area contributed by atoms with Crippen LogP contribution in [0.1, 0.15) is 37.3 Å². The van der Waals surface area contributed by atoms with E-state index in [1.807, 2.05) is 25.1 Å². The van der Waals surface area contributed by atoms with Crippen LogP contribution in [0.3, 0.4) is 0 Å². The zero-order valence-electron chi connectivity index (χ0n) is 21.0. The number of benzene rings is 2. The van der Waals surface area contributed by atoms with Crippen molar-refractivity contribution in [1.29, 1.82) is 5.26 Å². The molecular weight excluding hydrogens is 515 g/mol. The van der Waals surface area contributed by atoms with Gasteiger partial charge in [-0.1, -0.05) is 24.3 Å². The number of hydrogen-bond acceptors (Lipinski definition) is 5. The zero-order valence-corrected chi connectivity index (χ0v) is 21.8. The van der Waals surface area contributed by atoms with E-state index >= 15 is 0 Å².